The van der Waals surface area contributed by atoms with Crippen LogP contribution >= 0.6 is 0 Å². The van der Waals surface area contributed by atoms with Crippen LogP contribution in [0.2, 0.25) is 0 Å². The van der Waals surface area contributed by atoms with Gasteiger partial charge in [-0.05, 0) is 83.5 Å². The van der Waals surface area contributed by atoms with Gasteiger partial charge in [0.05, 0.1) is 36.3 Å². The number of allylic oxidation sites excluding steroid dienone is 1. The Morgan fingerprint density at radius 3 is 2.59 bits per heavy atom. The molecule has 2 saturated heterocycles. The minimum atomic E-state index is -1.61. The van der Waals surface area contributed by atoms with Crippen LogP contribution in [0.5, 0.6) is 0 Å². The number of fused-ring (bicyclic) bond motifs is 6. The average molecular weight is 736 g/mol. The lowest BCUT2D eigenvalue weighted by Crippen LogP contribution is -2.76. The van der Waals surface area contributed by atoms with Gasteiger partial charge < -0.3 is 24.8 Å². The van der Waals surface area contributed by atoms with Crippen molar-refractivity contribution in [2.75, 3.05) is 12.2 Å². The summed E-state index contributed by atoms with van der Waals surface area (Å²) in [5.74, 6) is -3.46. The SMILES string of the molecule is C=CC(C)(C)[C@@]12C=C(O)C(=O)N3/C(=C/c4cn([C@H]5C[C@@]6(O)O[C@@H]7C[C@@]6(C)[C@]6(C[C@]8(C)CCC(C)(C)[C@@H]8[C@@H]76)[C@@H]5C)cn4)C(=O)N[C@]31N(OC)c1ccccc12. The van der Waals surface area contributed by atoms with Crippen LogP contribution in [0.3, 0.4) is 0 Å². The number of aliphatic hydroxyl groups is 2. The van der Waals surface area contributed by atoms with Gasteiger partial charge in [-0.1, -0.05) is 72.7 Å². The number of aliphatic hydroxyl groups excluding tert-OH is 1. The Bertz CT molecular complexity index is 2140. The molecule has 4 aliphatic carbocycles. The van der Waals surface area contributed by atoms with E-state index in [2.05, 4.69) is 51.1 Å². The van der Waals surface area contributed by atoms with Crippen LogP contribution in [-0.2, 0) is 24.6 Å². The van der Waals surface area contributed by atoms with Gasteiger partial charge in [0.15, 0.2) is 11.5 Å². The number of hydrogen-bond donors (Lipinski definition) is 3. The fourth-order valence-corrected chi connectivity index (χ4v) is 14.9. The molecule has 4 aliphatic heterocycles. The van der Waals surface area contributed by atoms with E-state index in [4.69, 9.17) is 14.6 Å². The lowest BCUT2D eigenvalue weighted by molar-refractivity contribution is -0.347. The fourth-order valence-electron chi connectivity index (χ4n) is 14.9. The number of rotatable bonds is 5. The standard InChI is InChI=1S/C43H53N5O6/c1-10-37(5,6)41-19-30(49)35(51)47-28(34(50)45-43(41,47)48(53-9)27-14-12-11-13-26(27)41)17-25-21-46(23-44-25)29-18-42(52)39(8)20-31(54-42)32-33-36(3,4)15-16-38(33,7)22-40(32,39)24(29)2/h10-14,17,19,21,23-24,29,31-33,49,52H,1,15-16,18,20,22H2,2-9H3,(H,45,50)/b28-17+/t24-,29+,31-,32-,33+,38+,39+,40-,41+,42-,43+/m1/s1. The number of aromatic nitrogens is 2. The van der Waals surface area contributed by atoms with Gasteiger partial charge in [-0.3, -0.25) is 19.3 Å². The highest BCUT2D eigenvalue weighted by molar-refractivity contribution is 6.10. The zero-order chi connectivity index (χ0) is 38.4. The second kappa shape index (κ2) is 9.89. The maximum Gasteiger partial charge on any atom is 0.296 e. The van der Waals surface area contributed by atoms with Crippen LogP contribution in [0, 0.1) is 44.8 Å². The molecule has 0 unspecified atom stereocenters. The summed E-state index contributed by atoms with van der Waals surface area (Å²) in [4.78, 5) is 40.8. The van der Waals surface area contributed by atoms with E-state index in [0.717, 1.165) is 18.4 Å². The minimum absolute atomic E-state index is 0.0327. The summed E-state index contributed by atoms with van der Waals surface area (Å²) in [5, 5.41) is 28.7. The molecule has 10 rings (SSSR count). The lowest BCUT2D eigenvalue weighted by Gasteiger charge is -2.63. The number of amides is 2. The van der Waals surface area contributed by atoms with E-state index in [9.17, 15) is 19.8 Å². The Balaban J connectivity index is 1.07. The number of hydrogen-bond acceptors (Lipinski definition) is 8. The largest absolute Gasteiger partial charge is 0.503 e. The predicted octanol–water partition coefficient (Wildman–Crippen LogP) is 6.35. The third-order valence-electron chi connectivity index (χ3n) is 17.0. The molecule has 5 heterocycles. The molecule has 0 radical (unpaired) electrons. The van der Waals surface area contributed by atoms with Crippen molar-refractivity contribution in [3.05, 3.63) is 78.2 Å². The molecule has 11 nitrogen and oxygen atoms in total. The first kappa shape index (κ1) is 34.6. The Kier molecular flexibility index (Phi) is 6.33. The third-order valence-corrected chi connectivity index (χ3v) is 17.0. The molecular formula is C43H53N5O6. The number of nitrogens with zero attached hydrogens (tertiary/aromatic N) is 4. The molecule has 11 atom stereocenters. The quantitative estimate of drug-likeness (QED) is 0.240. The van der Waals surface area contributed by atoms with Gasteiger partial charge in [-0.25, -0.2) is 10.0 Å². The average Bonchev–Trinajstić information content (AvgIpc) is 3.94. The Morgan fingerprint density at radius 2 is 1.87 bits per heavy atom. The van der Waals surface area contributed by atoms with Gasteiger partial charge in [0.2, 0.25) is 5.79 Å². The zero-order valence-corrected chi connectivity index (χ0v) is 32.6. The summed E-state index contributed by atoms with van der Waals surface area (Å²) in [5.41, 5.74) is -0.144. The molecular weight excluding hydrogens is 683 g/mol. The van der Waals surface area contributed by atoms with Gasteiger partial charge in [-0.15, -0.1) is 6.58 Å². The van der Waals surface area contributed by atoms with Crippen LogP contribution in [-0.4, -0.2) is 61.3 Å². The van der Waals surface area contributed by atoms with E-state index in [-0.39, 0.29) is 45.4 Å². The maximum atomic E-state index is 14.3. The maximum absolute atomic E-state index is 14.3. The van der Waals surface area contributed by atoms with Crippen molar-refractivity contribution in [2.45, 2.75) is 110 Å². The first-order chi connectivity index (χ1) is 25.3. The number of carbonyl (C=O) groups is 2. The molecule has 1 aromatic carbocycles. The van der Waals surface area contributed by atoms with Gasteiger partial charge >= 0.3 is 0 Å². The molecule has 286 valence electrons. The van der Waals surface area contributed by atoms with Crippen molar-refractivity contribution >= 4 is 23.6 Å². The molecule has 1 aromatic heterocycles. The summed E-state index contributed by atoms with van der Waals surface area (Å²) < 4.78 is 8.87. The van der Waals surface area contributed by atoms with Gasteiger partial charge in [0.1, 0.15) is 5.70 Å². The Morgan fingerprint density at radius 1 is 1.13 bits per heavy atom. The van der Waals surface area contributed by atoms with Crippen molar-refractivity contribution in [1.82, 2.24) is 19.8 Å². The van der Waals surface area contributed by atoms with Gasteiger partial charge in [0, 0.05) is 29.5 Å². The second-order valence-electron chi connectivity index (χ2n) is 19.7. The number of nitrogens with one attached hydrogen (secondary N) is 1. The van der Waals surface area contributed by atoms with Crippen molar-refractivity contribution in [2.24, 2.45) is 44.8 Å². The first-order valence-corrected chi connectivity index (χ1v) is 19.6. The first-order valence-electron chi connectivity index (χ1n) is 19.6. The highest BCUT2D eigenvalue weighted by atomic mass is 16.7. The summed E-state index contributed by atoms with van der Waals surface area (Å²) >= 11 is 0. The molecule has 2 spiro atoms. The highest BCUT2D eigenvalue weighted by Gasteiger charge is 2.86. The number of anilines is 1. The van der Waals surface area contributed by atoms with Gasteiger partial charge in [-0.2, -0.15) is 0 Å². The molecule has 6 fully saturated rings. The number of para-hydroxylation sites is 1. The molecule has 8 aliphatic rings. The van der Waals surface area contributed by atoms with Crippen LogP contribution in [0.25, 0.3) is 6.08 Å². The lowest BCUT2D eigenvalue weighted by atomic mass is 9.47. The predicted molar refractivity (Wildman–Crippen MR) is 201 cm³/mol. The van der Waals surface area contributed by atoms with Crippen molar-refractivity contribution in [1.29, 1.82) is 0 Å². The molecule has 2 aromatic rings. The molecule has 4 saturated carbocycles. The van der Waals surface area contributed by atoms with Crippen molar-refractivity contribution in [3.63, 3.8) is 0 Å². The van der Waals surface area contributed by atoms with E-state index in [0.29, 0.717) is 29.6 Å². The number of imidazole rings is 1. The normalized spacial score (nSPS) is 45.6. The fraction of sp³-hybridized carbons (Fsp3) is 0.605. The molecule has 2 amide bonds. The Hall–Kier alpha value is -3.93. The topological polar surface area (TPSA) is 129 Å². The highest BCUT2D eigenvalue weighted by Crippen LogP contribution is 2.86. The summed E-state index contributed by atoms with van der Waals surface area (Å²) in [6.45, 7) is 20.1. The summed E-state index contributed by atoms with van der Waals surface area (Å²) in [6, 6.07) is 7.47. The van der Waals surface area contributed by atoms with Gasteiger partial charge in [0.25, 0.3) is 11.8 Å². The van der Waals surface area contributed by atoms with E-state index in [1.165, 1.54) is 24.9 Å². The third kappa shape index (κ3) is 3.40. The van der Waals surface area contributed by atoms with E-state index < -0.39 is 40.0 Å². The summed E-state index contributed by atoms with van der Waals surface area (Å²) in [6.07, 6.45) is 13.5. The second-order valence-corrected chi connectivity index (χ2v) is 19.7. The molecule has 3 N–H and O–H groups in total. The smallest absolute Gasteiger partial charge is 0.296 e. The van der Waals surface area contributed by atoms with Crippen LogP contribution in [0.4, 0.5) is 5.69 Å². The number of ether oxygens (including phenoxy) is 1. The monoisotopic (exact) mass is 735 g/mol. The zero-order valence-electron chi connectivity index (χ0n) is 32.6. The van der Waals surface area contributed by atoms with E-state index in [1.54, 1.807) is 29.6 Å². The van der Waals surface area contributed by atoms with E-state index in [1.807, 2.05) is 44.3 Å². The number of benzene rings is 1. The Labute approximate surface area is 317 Å². The molecule has 11 heteroatoms. The van der Waals surface area contributed by atoms with Crippen molar-refractivity contribution in [3.8, 4) is 0 Å². The minimum Gasteiger partial charge on any atom is -0.503 e. The van der Waals surface area contributed by atoms with Crippen molar-refractivity contribution < 1.29 is 29.4 Å². The summed E-state index contributed by atoms with van der Waals surface area (Å²) in [7, 11) is 1.50. The van der Waals surface area contributed by atoms with E-state index >= 15 is 0 Å². The van der Waals surface area contributed by atoms with Crippen LogP contribution in [0.1, 0.15) is 97.9 Å². The van der Waals surface area contributed by atoms with Crippen LogP contribution in [0.15, 0.2) is 67.0 Å². The molecule has 54 heavy (non-hydrogen) atoms. The number of hydroxylamine groups is 1. The molecule has 2 bridgehead atoms. The van der Waals surface area contributed by atoms with Crippen LogP contribution < -0.4 is 10.4 Å². The number of carbonyl (C=O) groups excluding carboxylic acids is 2.